The predicted octanol–water partition coefficient (Wildman–Crippen LogP) is 3.43. The number of nitrogens with zero attached hydrogens (tertiary/aromatic N) is 1. The fourth-order valence-electron chi connectivity index (χ4n) is 1.95. The van der Waals surface area contributed by atoms with E-state index in [1.54, 1.807) is 23.5 Å². The van der Waals surface area contributed by atoms with E-state index in [1.807, 2.05) is 26.0 Å². The highest BCUT2D eigenvalue weighted by Crippen LogP contribution is 2.29. The quantitative estimate of drug-likeness (QED) is 0.605. The number of nitrogens with one attached hydrogen (secondary N) is 1. The molecule has 1 unspecified atom stereocenters. The SMILES string of the molecule is CC(C)C(O)CNCc1ccc(-c2ccc([N+](=O)[O-])cc2)s1. The predicted molar refractivity (Wildman–Crippen MR) is 89.0 cm³/mol. The van der Waals surface area contributed by atoms with Gasteiger partial charge in [0.25, 0.3) is 5.69 Å². The van der Waals surface area contributed by atoms with E-state index in [1.165, 1.54) is 17.0 Å². The number of hydrogen-bond acceptors (Lipinski definition) is 5. The van der Waals surface area contributed by atoms with Crippen LogP contribution in [0.2, 0.25) is 0 Å². The van der Waals surface area contributed by atoms with Gasteiger partial charge in [0, 0.05) is 35.0 Å². The standard InChI is InChI=1S/C16H20N2O3S/c1-11(2)15(19)10-17-9-14-7-8-16(22-14)12-3-5-13(6-4-12)18(20)21/h3-8,11,15,17,19H,9-10H2,1-2H3. The number of aliphatic hydroxyl groups is 1. The summed E-state index contributed by atoms with van der Waals surface area (Å²) in [6.45, 7) is 5.26. The van der Waals surface area contributed by atoms with Crippen LogP contribution in [0.3, 0.4) is 0 Å². The van der Waals surface area contributed by atoms with Gasteiger partial charge in [-0.15, -0.1) is 11.3 Å². The van der Waals surface area contributed by atoms with Crippen molar-refractivity contribution in [3.63, 3.8) is 0 Å². The highest BCUT2D eigenvalue weighted by Gasteiger charge is 2.09. The van der Waals surface area contributed by atoms with Crippen molar-refractivity contribution >= 4 is 17.0 Å². The fraction of sp³-hybridized carbons (Fsp3) is 0.375. The molecule has 0 aliphatic carbocycles. The summed E-state index contributed by atoms with van der Waals surface area (Å²) in [5.41, 5.74) is 1.08. The van der Waals surface area contributed by atoms with Crippen LogP contribution in [0.1, 0.15) is 18.7 Å². The molecule has 1 atom stereocenters. The van der Waals surface area contributed by atoms with Gasteiger partial charge < -0.3 is 10.4 Å². The molecule has 1 heterocycles. The number of hydrogen-bond donors (Lipinski definition) is 2. The van der Waals surface area contributed by atoms with Crippen molar-refractivity contribution in [2.24, 2.45) is 5.92 Å². The number of benzene rings is 1. The molecule has 2 rings (SSSR count). The van der Waals surface area contributed by atoms with Crippen LogP contribution in [0.5, 0.6) is 0 Å². The maximum absolute atomic E-state index is 10.7. The van der Waals surface area contributed by atoms with Crippen LogP contribution in [-0.4, -0.2) is 22.7 Å². The Bertz CT molecular complexity index is 623. The highest BCUT2D eigenvalue weighted by molar-refractivity contribution is 7.15. The molecular weight excluding hydrogens is 300 g/mol. The number of thiophene rings is 1. The first-order valence-electron chi connectivity index (χ1n) is 7.19. The van der Waals surface area contributed by atoms with E-state index in [-0.39, 0.29) is 17.7 Å². The number of nitro benzene ring substituents is 1. The number of aliphatic hydroxyl groups excluding tert-OH is 1. The number of rotatable bonds is 7. The van der Waals surface area contributed by atoms with Gasteiger partial charge in [0.05, 0.1) is 11.0 Å². The lowest BCUT2D eigenvalue weighted by molar-refractivity contribution is -0.384. The summed E-state index contributed by atoms with van der Waals surface area (Å²) < 4.78 is 0. The number of non-ortho nitro benzene ring substituents is 1. The van der Waals surface area contributed by atoms with Crippen LogP contribution in [-0.2, 0) is 6.54 Å². The third-order valence-electron chi connectivity index (χ3n) is 3.45. The molecule has 118 valence electrons. The molecular formula is C16H20N2O3S. The van der Waals surface area contributed by atoms with Crippen molar-refractivity contribution in [1.82, 2.24) is 5.32 Å². The summed E-state index contributed by atoms with van der Waals surface area (Å²) in [4.78, 5) is 12.5. The van der Waals surface area contributed by atoms with Crippen molar-refractivity contribution < 1.29 is 10.0 Å². The molecule has 0 saturated carbocycles. The van der Waals surface area contributed by atoms with E-state index in [2.05, 4.69) is 5.32 Å². The molecule has 0 bridgehead atoms. The van der Waals surface area contributed by atoms with Gasteiger partial charge in [-0.1, -0.05) is 13.8 Å². The van der Waals surface area contributed by atoms with Gasteiger partial charge in [-0.05, 0) is 35.7 Å². The smallest absolute Gasteiger partial charge is 0.269 e. The first-order valence-corrected chi connectivity index (χ1v) is 8.01. The molecule has 0 radical (unpaired) electrons. The minimum absolute atomic E-state index is 0.102. The Morgan fingerprint density at radius 1 is 1.23 bits per heavy atom. The van der Waals surface area contributed by atoms with Gasteiger partial charge in [-0.2, -0.15) is 0 Å². The normalized spacial score (nSPS) is 12.5. The maximum Gasteiger partial charge on any atom is 0.269 e. The van der Waals surface area contributed by atoms with Crippen LogP contribution in [0.4, 0.5) is 5.69 Å². The Morgan fingerprint density at radius 2 is 1.91 bits per heavy atom. The van der Waals surface area contributed by atoms with E-state index < -0.39 is 4.92 Å². The zero-order valence-corrected chi connectivity index (χ0v) is 13.5. The Hall–Kier alpha value is -1.76. The van der Waals surface area contributed by atoms with E-state index in [0.29, 0.717) is 13.1 Å². The first-order chi connectivity index (χ1) is 10.5. The van der Waals surface area contributed by atoms with Gasteiger partial charge in [-0.25, -0.2) is 0 Å². The summed E-state index contributed by atoms with van der Waals surface area (Å²) in [7, 11) is 0. The first kappa shape index (κ1) is 16.6. The summed E-state index contributed by atoms with van der Waals surface area (Å²) in [6.07, 6.45) is -0.339. The molecule has 0 spiro atoms. The third-order valence-corrected chi connectivity index (χ3v) is 4.58. The van der Waals surface area contributed by atoms with Crippen molar-refractivity contribution in [3.8, 4) is 10.4 Å². The second-order valence-corrected chi connectivity index (χ2v) is 6.68. The average Bonchev–Trinajstić information content (AvgIpc) is 2.96. The van der Waals surface area contributed by atoms with Crippen molar-refractivity contribution in [2.45, 2.75) is 26.5 Å². The van der Waals surface area contributed by atoms with E-state index >= 15 is 0 Å². The third kappa shape index (κ3) is 4.37. The lowest BCUT2D eigenvalue weighted by Gasteiger charge is -2.14. The molecule has 0 aliphatic rings. The zero-order valence-electron chi connectivity index (χ0n) is 12.7. The molecule has 1 aromatic heterocycles. The Morgan fingerprint density at radius 3 is 2.50 bits per heavy atom. The van der Waals surface area contributed by atoms with Gasteiger partial charge in [0.1, 0.15) is 0 Å². The van der Waals surface area contributed by atoms with Gasteiger partial charge in [0.2, 0.25) is 0 Å². The van der Waals surface area contributed by atoms with E-state index in [0.717, 1.165) is 10.4 Å². The summed E-state index contributed by atoms with van der Waals surface area (Å²) in [5.74, 6) is 0.242. The maximum atomic E-state index is 10.7. The number of nitro groups is 1. The van der Waals surface area contributed by atoms with Gasteiger partial charge >= 0.3 is 0 Å². The van der Waals surface area contributed by atoms with Crippen molar-refractivity contribution in [3.05, 3.63) is 51.4 Å². The summed E-state index contributed by atoms with van der Waals surface area (Å²) in [5, 5.41) is 23.6. The topological polar surface area (TPSA) is 75.4 Å². The summed E-state index contributed by atoms with van der Waals surface area (Å²) in [6, 6.07) is 10.6. The monoisotopic (exact) mass is 320 g/mol. The van der Waals surface area contributed by atoms with Gasteiger partial charge in [-0.3, -0.25) is 10.1 Å². The van der Waals surface area contributed by atoms with Crippen molar-refractivity contribution in [2.75, 3.05) is 6.54 Å². The van der Waals surface area contributed by atoms with Crippen LogP contribution in [0.15, 0.2) is 36.4 Å². The van der Waals surface area contributed by atoms with Crippen LogP contribution >= 0.6 is 11.3 Å². The molecule has 6 heteroatoms. The molecule has 22 heavy (non-hydrogen) atoms. The van der Waals surface area contributed by atoms with E-state index in [9.17, 15) is 15.2 Å². The zero-order chi connectivity index (χ0) is 16.1. The largest absolute Gasteiger partial charge is 0.392 e. The molecule has 2 aromatic rings. The van der Waals surface area contributed by atoms with Gasteiger partial charge in [0.15, 0.2) is 0 Å². The minimum atomic E-state index is -0.395. The molecule has 0 amide bonds. The van der Waals surface area contributed by atoms with Crippen LogP contribution < -0.4 is 5.32 Å². The molecule has 5 nitrogen and oxygen atoms in total. The Balaban J connectivity index is 1.95. The Kier molecular flexibility index (Phi) is 5.65. The molecule has 0 saturated heterocycles. The highest BCUT2D eigenvalue weighted by atomic mass is 32.1. The Labute approximate surface area is 133 Å². The van der Waals surface area contributed by atoms with Crippen LogP contribution in [0.25, 0.3) is 10.4 Å². The molecule has 0 aliphatic heterocycles. The average molecular weight is 320 g/mol. The van der Waals surface area contributed by atoms with E-state index in [4.69, 9.17) is 0 Å². The molecule has 0 fully saturated rings. The minimum Gasteiger partial charge on any atom is -0.392 e. The van der Waals surface area contributed by atoms with Crippen LogP contribution in [0, 0.1) is 16.0 Å². The lowest BCUT2D eigenvalue weighted by Crippen LogP contribution is -2.29. The summed E-state index contributed by atoms with van der Waals surface area (Å²) >= 11 is 1.65. The molecule has 2 N–H and O–H groups in total. The second kappa shape index (κ2) is 7.49. The van der Waals surface area contributed by atoms with Crippen molar-refractivity contribution in [1.29, 1.82) is 0 Å². The molecule has 1 aromatic carbocycles. The second-order valence-electron chi connectivity index (χ2n) is 5.51. The fourth-order valence-corrected chi connectivity index (χ4v) is 2.94. The lowest BCUT2D eigenvalue weighted by atomic mass is 10.1.